The van der Waals surface area contributed by atoms with Gasteiger partial charge in [-0.25, -0.2) is 4.98 Å². The number of aromatic nitrogens is 2. The van der Waals surface area contributed by atoms with Gasteiger partial charge < -0.3 is 15.0 Å². The van der Waals surface area contributed by atoms with E-state index in [1.54, 1.807) is 0 Å². The number of hydrogen-bond acceptors (Lipinski definition) is 5. The molecule has 1 N–H and O–H groups in total. The van der Waals surface area contributed by atoms with Crippen molar-refractivity contribution in [3.63, 3.8) is 0 Å². The highest BCUT2D eigenvalue weighted by molar-refractivity contribution is 6.32. The molecule has 7 heteroatoms. The summed E-state index contributed by atoms with van der Waals surface area (Å²) in [6, 6.07) is 0.414. The van der Waals surface area contributed by atoms with E-state index in [1.165, 1.54) is 13.3 Å². The van der Waals surface area contributed by atoms with Crippen molar-refractivity contribution in [1.29, 1.82) is 0 Å². The molecule has 2 saturated heterocycles. The van der Waals surface area contributed by atoms with E-state index in [9.17, 15) is 4.79 Å². The molecule has 0 radical (unpaired) electrons. The van der Waals surface area contributed by atoms with E-state index in [1.807, 2.05) is 0 Å². The summed E-state index contributed by atoms with van der Waals surface area (Å²) in [5.74, 6) is 0.817. The van der Waals surface area contributed by atoms with Crippen LogP contribution < -0.4 is 15.0 Å². The number of anilines is 1. The molecule has 2 aliphatic rings. The van der Waals surface area contributed by atoms with E-state index in [2.05, 4.69) is 20.2 Å². The molecule has 0 unspecified atom stereocenters. The van der Waals surface area contributed by atoms with Crippen molar-refractivity contribution in [3.8, 4) is 6.01 Å². The first kappa shape index (κ1) is 12.5. The zero-order valence-electron chi connectivity index (χ0n) is 10.6. The second-order valence-electron chi connectivity index (χ2n) is 4.78. The van der Waals surface area contributed by atoms with Gasteiger partial charge >= 0.3 is 6.01 Å². The molecular formula is C12H15ClN4O2. The van der Waals surface area contributed by atoms with Crippen LogP contribution in [0.2, 0.25) is 5.02 Å². The van der Waals surface area contributed by atoms with Gasteiger partial charge in [-0.3, -0.25) is 4.79 Å². The third kappa shape index (κ3) is 2.10. The molecule has 0 aliphatic carbocycles. The van der Waals surface area contributed by atoms with Crippen LogP contribution >= 0.6 is 11.6 Å². The quantitative estimate of drug-likeness (QED) is 0.871. The third-order valence-electron chi connectivity index (χ3n) is 3.76. The number of rotatable bonds is 2. The average Bonchev–Trinajstić information content (AvgIpc) is 2.81. The first-order valence-corrected chi connectivity index (χ1v) is 6.69. The Morgan fingerprint density at radius 2 is 2.42 bits per heavy atom. The van der Waals surface area contributed by atoms with Gasteiger partial charge in [0.15, 0.2) is 5.82 Å². The molecule has 1 aromatic rings. The van der Waals surface area contributed by atoms with Crippen molar-refractivity contribution in [2.45, 2.75) is 18.9 Å². The number of amides is 1. The van der Waals surface area contributed by atoms with Gasteiger partial charge in [0.1, 0.15) is 5.02 Å². The maximum atomic E-state index is 11.8. The molecule has 0 spiro atoms. The van der Waals surface area contributed by atoms with E-state index in [-0.39, 0.29) is 17.9 Å². The van der Waals surface area contributed by atoms with E-state index < -0.39 is 0 Å². The number of methoxy groups -OCH3 is 1. The molecular weight excluding hydrogens is 268 g/mol. The van der Waals surface area contributed by atoms with Crippen molar-refractivity contribution in [3.05, 3.63) is 11.2 Å². The number of ether oxygens (including phenoxy) is 1. The highest BCUT2D eigenvalue weighted by atomic mass is 35.5. The Morgan fingerprint density at radius 3 is 3.21 bits per heavy atom. The van der Waals surface area contributed by atoms with E-state index in [0.717, 1.165) is 19.4 Å². The fraction of sp³-hybridized carbons (Fsp3) is 0.583. The number of nitrogens with one attached hydrogen (secondary N) is 1. The predicted molar refractivity (Wildman–Crippen MR) is 70.5 cm³/mol. The van der Waals surface area contributed by atoms with Crippen LogP contribution in [0, 0.1) is 5.92 Å². The Hall–Kier alpha value is -1.56. The Kier molecular flexibility index (Phi) is 3.18. The SMILES string of the molecule is COc1ncc(Cl)c(N2CCC[C@H]3C(=O)NC[C@H]32)n1. The van der Waals surface area contributed by atoms with Gasteiger partial charge in [0, 0.05) is 13.1 Å². The highest BCUT2D eigenvalue weighted by Gasteiger charge is 2.41. The number of carbonyl (C=O) groups is 1. The lowest BCUT2D eigenvalue weighted by Crippen LogP contribution is -2.46. The number of hydrogen-bond donors (Lipinski definition) is 1. The first-order valence-electron chi connectivity index (χ1n) is 6.31. The van der Waals surface area contributed by atoms with Gasteiger partial charge in [0.25, 0.3) is 0 Å². The minimum atomic E-state index is 0.0331. The molecule has 2 atom stereocenters. The van der Waals surface area contributed by atoms with Gasteiger partial charge in [0.2, 0.25) is 5.91 Å². The Bertz CT molecular complexity index is 511. The minimum Gasteiger partial charge on any atom is -0.467 e. The van der Waals surface area contributed by atoms with Crippen molar-refractivity contribution in [2.75, 3.05) is 25.1 Å². The molecule has 1 amide bonds. The summed E-state index contributed by atoms with van der Waals surface area (Å²) in [4.78, 5) is 22.2. The lowest BCUT2D eigenvalue weighted by atomic mass is 9.91. The number of nitrogens with zero attached hydrogens (tertiary/aromatic N) is 3. The van der Waals surface area contributed by atoms with Crippen LogP contribution in [0.15, 0.2) is 6.20 Å². The topological polar surface area (TPSA) is 67.3 Å². The van der Waals surface area contributed by atoms with Crippen molar-refractivity contribution >= 4 is 23.3 Å². The standard InChI is InChI=1S/C12H15ClN4O2/c1-19-12-15-5-8(13)10(16-12)17-4-2-3-7-9(17)6-14-11(7)18/h5,7,9H,2-4,6H2,1H3,(H,14,18)/t7-,9-/m1/s1. The summed E-state index contributed by atoms with van der Waals surface area (Å²) in [6.45, 7) is 1.49. The van der Waals surface area contributed by atoms with E-state index in [0.29, 0.717) is 23.4 Å². The van der Waals surface area contributed by atoms with Crippen LogP contribution in [0.5, 0.6) is 6.01 Å². The summed E-state index contributed by atoms with van der Waals surface area (Å²) in [5.41, 5.74) is 0. The molecule has 19 heavy (non-hydrogen) atoms. The molecule has 3 heterocycles. The summed E-state index contributed by atoms with van der Waals surface area (Å²) in [7, 11) is 1.52. The Labute approximate surface area is 116 Å². The minimum absolute atomic E-state index is 0.0331. The average molecular weight is 283 g/mol. The summed E-state index contributed by atoms with van der Waals surface area (Å²) < 4.78 is 5.04. The van der Waals surface area contributed by atoms with Crippen LogP contribution in [0.25, 0.3) is 0 Å². The molecule has 0 aromatic carbocycles. The summed E-state index contributed by atoms with van der Waals surface area (Å²) in [6.07, 6.45) is 3.42. The van der Waals surface area contributed by atoms with Crippen LogP contribution in [-0.2, 0) is 4.79 Å². The second-order valence-corrected chi connectivity index (χ2v) is 5.19. The number of halogens is 1. The zero-order chi connectivity index (χ0) is 13.4. The maximum absolute atomic E-state index is 11.8. The molecule has 2 fully saturated rings. The van der Waals surface area contributed by atoms with Gasteiger partial charge in [-0.05, 0) is 12.8 Å². The highest BCUT2D eigenvalue weighted by Crippen LogP contribution is 2.34. The van der Waals surface area contributed by atoms with E-state index >= 15 is 0 Å². The van der Waals surface area contributed by atoms with Crippen molar-refractivity contribution in [2.24, 2.45) is 5.92 Å². The fourth-order valence-corrected chi connectivity index (χ4v) is 3.06. The number of carbonyl (C=O) groups excluding carboxylic acids is 1. The summed E-state index contributed by atoms with van der Waals surface area (Å²) >= 11 is 6.19. The molecule has 102 valence electrons. The van der Waals surface area contributed by atoms with Crippen molar-refractivity contribution in [1.82, 2.24) is 15.3 Å². The van der Waals surface area contributed by atoms with Crippen LogP contribution in [0.4, 0.5) is 5.82 Å². The fourth-order valence-electron chi connectivity index (χ4n) is 2.86. The van der Waals surface area contributed by atoms with Gasteiger partial charge in [-0.2, -0.15) is 4.98 Å². The first-order chi connectivity index (χ1) is 9.20. The molecule has 6 nitrogen and oxygen atoms in total. The predicted octanol–water partition coefficient (Wildman–Crippen LogP) is 0.853. The third-order valence-corrected chi connectivity index (χ3v) is 4.03. The molecule has 0 bridgehead atoms. The van der Waals surface area contributed by atoms with Crippen LogP contribution in [0.1, 0.15) is 12.8 Å². The second kappa shape index (κ2) is 4.85. The lowest BCUT2D eigenvalue weighted by Gasteiger charge is -2.37. The lowest BCUT2D eigenvalue weighted by molar-refractivity contribution is -0.122. The van der Waals surface area contributed by atoms with Gasteiger partial charge in [-0.1, -0.05) is 11.6 Å². The van der Waals surface area contributed by atoms with Gasteiger partial charge in [-0.15, -0.1) is 0 Å². The largest absolute Gasteiger partial charge is 0.467 e. The molecule has 1 aromatic heterocycles. The van der Waals surface area contributed by atoms with Gasteiger partial charge in [0.05, 0.1) is 25.3 Å². The Balaban J connectivity index is 1.94. The maximum Gasteiger partial charge on any atom is 0.318 e. The normalized spacial score (nSPS) is 26.0. The van der Waals surface area contributed by atoms with E-state index in [4.69, 9.17) is 16.3 Å². The molecule has 2 aliphatic heterocycles. The smallest absolute Gasteiger partial charge is 0.318 e. The Morgan fingerprint density at radius 1 is 1.58 bits per heavy atom. The van der Waals surface area contributed by atoms with Crippen molar-refractivity contribution < 1.29 is 9.53 Å². The van der Waals surface area contributed by atoms with Crippen LogP contribution in [0.3, 0.4) is 0 Å². The zero-order valence-corrected chi connectivity index (χ0v) is 11.4. The van der Waals surface area contributed by atoms with Crippen LogP contribution in [-0.4, -0.2) is 42.1 Å². The number of piperidine rings is 1. The molecule has 3 rings (SSSR count). The summed E-state index contributed by atoms with van der Waals surface area (Å²) in [5, 5.41) is 3.40. The molecule has 0 saturated carbocycles. The monoisotopic (exact) mass is 282 g/mol. The number of fused-ring (bicyclic) bond motifs is 1.